The summed E-state index contributed by atoms with van der Waals surface area (Å²) < 4.78 is 16.3. The number of fused-ring (bicyclic) bond motifs is 2. The van der Waals surface area contributed by atoms with E-state index in [1.165, 1.54) is 16.7 Å². The number of aromatic hydroxyl groups is 1. The van der Waals surface area contributed by atoms with Crippen LogP contribution in [0.3, 0.4) is 0 Å². The first-order valence-electron chi connectivity index (χ1n) is 8.37. The average Bonchev–Trinajstić information content (AvgIpc) is 3.04. The maximum atomic E-state index is 10.3. The van der Waals surface area contributed by atoms with Crippen molar-refractivity contribution in [3.8, 4) is 23.0 Å². The molecule has 0 saturated heterocycles. The van der Waals surface area contributed by atoms with Gasteiger partial charge < -0.3 is 19.3 Å². The van der Waals surface area contributed by atoms with Gasteiger partial charge in [-0.25, -0.2) is 0 Å². The van der Waals surface area contributed by atoms with Crippen molar-refractivity contribution in [2.45, 2.75) is 26.2 Å². The third kappa shape index (κ3) is 2.29. The molecule has 24 heavy (non-hydrogen) atoms. The molecule has 3 atom stereocenters. The van der Waals surface area contributed by atoms with Crippen LogP contribution in [0.15, 0.2) is 30.3 Å². The van der Waals surface area contributed by atoms with E-state index < -0.39 is 0 Å². The number of rotatable bonds is 2. The number of phenolic OH excluding ortho intramolecular Hbond substituents is 1. The quantitative estimate of drug-likeness (QED) is 0.903. The zero-order chi connectivity index (χ0) is 16.8. The normalized spacial score (nSPS) is 24.5. The highest BCUT2D eigenvalue weighted by atomic mass is 16.7. The molecule has 126 valence electrons. The van der Waals surface area contributed by atoms with Crippen molar-refractivity contribution in [3.05, 3.63) is 47.0 Å². The van der Waals surface area contributed by atoms with Crippen LogP contribution in [0.1, 0.15) is 36.5 Å². The maximum Gasteiger partial charge on any atom is 0.231 e. The van der Waals surface area contributed by atoms with Crippen molar-refractivity contribution >= 4 is 0 Å². The third-order valence-corrected chi connectivity index (χ3v) is 5.50. The van der Waals surface area contributed by atoms with Crippen molar-refractivity contribution in [2.24, 2.45) is 11.8 Å². The molecule has 1 heterocycles. The van der Waals surface area contributed by atoms with Crippen molar-refractivity contribution in [1.82, 2.24) is 0 Å². The standard InChI is InChI=1S/C20H22O4/c1-11-6-14-8-18(22-3)16(21)9-15(14)20(12(11)2)13-4-5-17-19(7-13)24-10-23-17/h4-5,7-9,11-12,20-21H,6,10H2,1-3H3/t11-,12+,20+/m1/s1. The van der Waals surface area contributed by atoms with Gasteiger partial charge in [-0.1, -0.05) is 19.9 Å². The summed E-state index contributed by atoms with van der Waals surface area (Å²) in [6.07, 6.45) is 0.994. The number of ether oxygens (including phenoxy) is 3. The monoisotopic (exact) mass is 326 g/mol. The molecular weight excluding hydrogens is 304 g/mol. The lowest BCUT2D eigenvalue weighted by Crippen LogP contribution is -2.26. The van der Waals surface area contributed by atoms with Crippen molar-refractivity contribution in [1.29, 1.82) is 0 Å². The lowest BCUT2D eigenvalue weighted by Gasteiger charge is -2.37. The van der Waals surface area contributed by atoms with Gasteiger partial charge in [0.2, 0.25) is 6.79 Å². The summed E-state index contributed by atoms with van der Waals surface area (Å²) in [5.41, 5.74) is 3.62. The third-order valence-electron chi connectivity index (χ3n) is 5.50. The minimum Gasteiger partial charge on any atom is -0.504 e. The lowest BCUT2D eigenvalue weighted by atomic mass is 9.68. The van der Waals surface area contributed by atoms with E-state index in [0.717, 1.165) is 17.9 Å². The first-order valence-corrected chi connectivity index (χ1v) is 8.37. The van der Waals surface area contributed by atoms with Gasteiger partial charge in [-0.3, -0.25) is 0 Å². The van der Waals surface area contributed by atoms with Crippen LogP contribution in [-0.2, 0) is 6.42 Å². The van der Waals surface area contributed by atoms with Crippen LogP contribution in [-0.4, -0.2) is 19.0 Å². The summed E-state index contributed by atoms with van der Waals surface area (Å²) in [4.78, 5) is 0. The van der Waals surface area contributed by atoms with Gasteiger partial charge in [-0.15, -0.1) is 0 Å². The summed E-state index contributed by atoms with van der Waals surface area (Å²) in [5, 5.41) is 10.3. The fraction of sp³-hybridized carbons (Fsp3) is 0.400. The van der Waals surface area contributed by atoms with E-state index in [9.17, 15) is 5.11 Å². The highest BCUT2D eigenvalue weighted by Crippen LogP contribution is 2.48. The van der Waals surface area contributed by atoms with Gasteiger partial charge >= 0.3 is 0 Å². The Kier molecular flexibility index (Phi) is 3.56. The van der Waals surface area contributed by atoms with E-state index in [4.69, 9.17) is 14.2 Å². The maximum absolute atomic E-state index is 10.3. The molecule has 4 rings (SSSR count). The second-order valence-electron chi connectivity index (χ2n) is 6.85. The number of benzene rings is 2. The van der Waals surface area contributed by atoms with E-state index >= 15 is 0 Å². The molecule has 1 aliphatic carbocycles. The fourth-order valence-corrected chi connectivity index (χ4v) is 3.99. The second kappa shape index (κ2) is 5.62. The molecule has 0 spiro atoms. The van der Waals surface area contributed by atoms with Gasteiger partial charge in [-0.05, 0) is 59.2 Å². The van der Waals surface area contributed by atoms with Crippen LogP contribution < -0.4 is 14.2 Å². The molecular formula is C20H22O4. The highest BCUT2D eigenvalue weighted by Gasteiger charge is 2.34. The molecule has 0 amide bonds. The van der Waals surface area contributed by atoms with Crippen LogP contribution >= 0.6 is 0 Å². The Balaban J connectivity index is 1.84. The van der Waals surface area contributed by atoms with Gasteiger partial charge in [0.1, 0.15) is 0 Å². The highest BCUT2D eigenvalue weighted by molar-refractivity contribution is 5.54. The average molecular weight is 326 g/mol. The largest absolute Gasteiger partial charge is 0.504 e. The lowest BCUT2D eigenvalue weighted by molar-refractivity contribution is 0.174. The second-order valence-corrected chi connectivity index (χ2v) is 6.85. The molecule has 0 aromatic heterocycles. The Morgan fingerprint density at radius 1 is 1.08 bits per heavy atom. The molecule has 2 aromatic rings. The molecule has 2 aliphatic rings. The Labute approximate surface area is 142 Å². The van der Waals surface area contributed by atoms with E-state index in [2.05, 4.69) is 26.0 Å². The Bertz CT molecular complexity index is 783. The molecule has 0 unspecified atom stereocenters. The first kappa shape index (κ1) is 15.2. The Morgan fingerprint density at radius 3 is 2.67 bits per heavy atom. The summed E-state index contributed by atoms with van der Waals surface area (Å²) in [6.45, 7) is 4.85. The molecule has 1 aliphatic heterocycles. The zero-order valence-electron chi connectivity index (χ0n) is 14.2. The first-order chi connectivity index (χ1) is 11.6. The zero-order valence-corrected chi connectivity index (χ0v) is 14.2. The Hall–Kier alpha value is -2.36. The van der Waals surface area contributed by atoms with E-state index in [0.29, 0.717) is 17.6 Å². The SMILES string of the molecule is COc1cc2c(cc1O)[C@H](c1ccc3c(c1)OCO3)[C@@H](C)[C@H](C)C2. The minimum atomic E-state index is 0.198. The van der Waals surface area contributed by atoms with Gasteiger partial charge in [0.05, 0.1) is 7.11 Å². The van der Waals surface area contributed by atoms with E-state index in [1.807, 2.05) is 18.2 Å². The molecule has 1 N–H and O–H groups in total. The summed E-state index contributed by atoms with van der Waals surface area (Å²) in [5.74, 6) is 3.57. The minimum absolute atomic E-state index is 0.198. The summed E-state index contributed by atoms with van der Waals surface area (Å²) >= 11 is 0. The molecule has 2 aromatic carbocycles. The molecule has 0 saturated carbocycles. The Morgan fingerprint density at radius 2 is 1.88 bits per heavy atom. The van der Waals surface area contributed by atoms with Crippen LogP contribution in [0.5, 0.6) is 23.0 Å². The molecule has 4 nitrogen and oxygen atoms in total. The topological polar surface area (TPSA) is 47.9 Å². The van der Waals surface area contributed by atoms with Crippen LogP contribution in [0.4, 0.5) is 0 Å². The van der Waals surface area contributed by atoms with Gasteiger partial charge in [0.15, 0.2) is 23.0 Å². The van der Waals surface area contributed by atoms with Crippen molar-refractivity contribution < 1.29 is 19.3 Å². The van der Waals surface area contributed by atoms with E-state index in [1.54, 1.807) is 7.11 Å². The molecule has 0 radical (unpaired) electrons. The summed E-state index contributed by atoms with van der Waals surface area (Å²) in [7, 11) is 1.59. The number of methoxy groups -OCH3 is 1. The predicted octanol–water partition coefficient (Wildman–Crippen LogP) is 4.09. The van der Waals surface area contributed by atoms with Crippen LogP contribution in [0, 0.1) is 11.8 Å². The fourth-order valence-electron chi connectivity index (χ4n) is 3.99. The predicted molar refractivity (Wildman–Crippen MR) is 91.1 cm³/mol. The number of hydrogen-bond acceptors (Lipinski definition) is 4. The van der Waals surface area contributed by atoms with Gasteiger partial charge in [0.25, 0.3) is 0 Å². The van der Waals surface area contributed by atoms with Crippen molar-refractivity contribution in [3.63, 3.8) is 0 Å². The molecule has 4 heteroatoms. The number of hydrogen-bond donors (Lipinski definition) is 1. The number of phenols is 1. The molecule has 0 bridgehead atoms. The smallest absolute Gasteiger partial charge is 0.231 e. The molecule has 0 fully saturated rings. The summed E-state index contributed by atoms with van der Waals surface area (Å²) in [6, 6.07) is 10.0. The van der Waals surface area contributed by atoms with E-state index in [-0.39, 0.29) is 18.5 Å². The van der Waals surface area contributed by atoms with Gasteiger partial charge in [0, 0.05) is 5.92 Å². The van der Waals surface area contributed by atoms with Crippen LogP contribution in [0.2, 0.25) is 0 Å². The van der Waals surface area contributed by atoms with Crippen molar-refractivity contribution in [2.75, 3.05) is 13.9 Å². The van der Waals surface area contributed by atoms with Gasteiger partial charge in [-0.2, -0.15) is 0 Å². The van der Waals surface area contributed by atoms with Crippen LogP contribution in [0.25, 0.3) is 0 Å².